The molecule has 33 heavy (non-hydrogen) atoms. The number of nitrogens with zero attached hydrogens (tertiary/aromatic N) is 3. The number of aromatic nitrogens is 2. The number of carbonyl (C=O) groups excluding carboxylic acids is 4. The molecule has 2 aromatic rings. The number of fused-ring (bicyclic) bond motifs is 1. The van der Waals surface area contributed by atoms with E-state index in [0.717, 1.165) is 0 Å². The molecule has 0 bridgehead atoms. The summed E-state index contributed by atoms with van der Waals surface area (Å²) in [6, 6.07) is 7.52. The largest absolute Gasteiger partial charge is 0.364 e. The van der Waals surface area contributed by atoms with Crippen LogP contribution >= 0.6 is 0 Å². The topological polar surface area (TPSA) is 127 Å². The van der Waals surface area contributed by atoms with Crippen molar-refractivity contribution in [2.24, 2.45) is 23.5 Å². The van der Waals surface area contributed by atoms with Crippen molar-refractivity contribution in [3.05, 3.63) is 54.4 Å². The molecule has 1 aromatic carbocycles. The Morgan fingerprint density at radius 3 is 2.18 bits per heavy atom. The summed E-state index contributed by atoms with van der Waals surface area (Å²) in [4.78, 5) is 51.7. The molecule has 1 aliphatic carbocycles. The normalized spacial score (nSPS) is 20.8. The lowest BCUT2D eigenvalue weighted by atomic mass is 9.85. The highest BCUT2D eigenvalue weighted by molar-refractivity contribution is 6.10. The first-order valence-corrected chi connectivity index (χ1v) is 11.0. The lowest BCUT2D eigenvalue weighted by Gasteiger charge is -2.27. The second-order valence-corrected chi connectivity index (χ2v) is 8.89. The minimum atomic E-state index is -0.862. The maximum absolute atomic E-state index is 13.2. The van der Waals surface area contributed by atoms with E-state index in [1.165, 1.54) is 15.6 Å². The van der Waals surface area contributed by atoms with Crippen LogP contribution in [0, 0.1) is 17.8 Å². The van der Waals surface area contributed by atoms with Crippen LogP contribution in [0.25, 0.3) is 5.69 Å². The quantitative estimate of drug-likeness (QED) is 0.495. The number of amides is 4. The van der Waals surface area contributed by atoms with Gasteiger partial charge in [0, 0.05) is 11.9 Å². The minimum Gasteiger partial charge on any atom is -0.364 e. The van der Waals surface area contributed by atoms with Gasteiger partial charge in [-0.3, -0.25) is 24.1 Å². The van der Waals surface area contributed by atoms with Gasteiger partial charge in [0.05, 0.1) is 17.5 Å². The van der Waals surface area contributed by atoms with Gasteiger partial charge in [-0.15, -0.1) is 0 Å². The van der Waals surface area contributed by atoms with Crippen LogP contribution in [0.2, 0.25) is 0 Å². The number of nitrogens with two attached hydrogens (primary N) is 1. The van der Waals surface area contributed by atoms with E-state index in [1.54, 1.807) is 30.5 Å². The Kier molecular flexibility index (Phi) is 6.13. The van der Waals surface area contributed by atoms with Gasteiger partial charge < -0.3 is 11.1 Å². The van der Waals surface area contributed by atoms with E-state index in [-0.39, 0.29) is 41.2 Å². The summed E-state index contributed by atoms with van der Waals surface area (Å²) in [5.41, 5.74) is 6.60. The molecule has 2 heterocycles. The molecular formula is C24H27N5O4. The molecule has 0 spiro atoms. The number of carbonyl (C=O) groups is 4. The van der Waals surface area contributed by atoms with Gasteiger partial charge in [0.2, 0.25) is 17.7 Å². The molecule has 4 amide bonds. The smallest absolute Gasteiger partial charge is 0.269 e. The molecule has 3 unspecified atom stereocenters. The standard InChI is InChI=1S/C24H27N5O4/c1-14(2)13-20(29-23(32)17-5-3-4-6-18(17)24(29)33)22(31)26-15-7-9-16(10-8-15)28-12-11-19(27-28)21(25)30/h3-4,7-12,14,17-18,20H,5-6,13H2,1-2H3,(H2,25,30)(H,26,31). The number of rotatable bonds is 7. The number of imide groups is 1. The summed E-state index contributed by atoms with van der Waals surface area (Å²) in [6.07, 6.45) is 6.94. The van der Waals surface area contributed by atoms with Crippen molar-refractivity contribution in [2.75, 3.05) is 5.32 Å². The zero-order chi connectivity index (χ0) is 23.7. The van der Waals surface area contributed by atoms with Gasteiger partial charge in [-0.1, -0.05) is 26.0 Å². The Hall–Kier alpha value is -3.75. The van der Waals surface area contributed by atoms with Crippen molar-refractivity contribution in [3.63, 3.8) is 0 Å². The fraction of sp³-hybridized carbons (Fsp3) is 0.375. The maximum atomic E-state index is 13.2. The summed E-state index contributed by atoms with van der Waals surface area (Å²) in [6.45, 7) is 3.91. The van der Waals surface area contributed by atoms with E-state index < -0.39 is 11.9 Å². The second-order valence-electron chi connectivity index (χ2n) is 8.89. The average molecular weight is 450 g/mol. The predicted octanol–water partition coefficient (Wildman–Crippen LogP) is 2.28. The Labute approximate surface area is 191 Å². The third kappa shape index (κ3) is 4.44. The SMILES string of the molecule is CC(C)CC(C(=O)Nc1ccc(-n2ccc(C(N)=O)n2)cc1)N1C(=O)C2CC=CCC2C1=O. The van der Waals surface area contributed by atoms with Gasteiger partial charge in [0.1, 0.15) is 11.7 Å². The summed E-state index contributed by atoms with van der Waals surface area (Å²) >= 11 is 0. The van der Waals surface area contributed by atoms with Crippen molar-refractivity contribution in [1.29, 1.82) is 0 Å². The highest BCUT2D eigenvalue weighted by atomic mass is 16.2. The lowest BCUT2D eigenvalue weighted by Crippen LogP contribution is -2.48. The molecule has 172 valence electrons. The van der Waals surface area contributed by atoms with E-state index in [0.29, 0.717) is 30.6 Å². The van der Waals surface area contributed by atoms with Crippen LogP contribution in [0.1, 0.15) is 43.6 Å². The highest BCUT2D eigenvalue weighted by Crippen LogP contribution is 2.37. The van der Waals surface area contributed by atoms with Crippen molar-refractivity contribution >= 4 is 29.3 Å². The Morgan fingerprint density at radius 1 is 1.06 bits per heavy atom. The van der Waals surface area contributed by atoms with Crippen LogP contribution in [0.15, 0.2) is 48.7 Å². The van der Waals surface area contributed by atoms with Gasteiger partial charge in [0.25, 0.3) is 5.91 Å². The maximum Gasteiger partial charge on any atom is 0.269 e. The zero-order valence-electron chi connectivity index (χ0n) is 18.6. The Bertz CT molecular complexity index is 1090. The number of anilines is 1. The number of hydrogen-bond acceptors (Lipinski definition) is 5. The zero-order valence-corrected chi connectivity index (χ0v) is 18.6. The second kappa shape index (κ2) is 9.01. The third-order valence-electron chi connectivity index (χ3n) is 6.09. The number of benzene rings is 1. The first-order chi connectivity index (χ1) is 15.8. The first kappa shape index (κ1) is 22.4. The molecule has 2 aliphatic rings. The molecule has 1 aromatic heterocycles. The van der Waals surface area contributed by atoms with Crippen LogP contribution < -0.4 is 11.1 Å². The summed E-state index contributed by atoms with van der Waals surface area (Å²) in [7, 11) is 0. The number of allylic oxidation sites excluding steroid dienone is 2. The molecule has 3 N–H and O–H groups in total. The van der Waals surface area contributed by atoms with E-state index >= 15 is 0 Å². The average Bonchev–Trinajstić information content (AvgIpc) is 3.37. The molecular weight excluding hydrogens is 422 g/mol. The van der Waals surface area contributed by atoms with Gasteiger partial charge in [0.15, 0.2) is 0 Å². The third-order valence-corrected chi connectivity index (χ3v) is 6.09. The summed E-state index contributed by atoms with van der Waals surface area (Å²) in [5.74, 6) is -2.14. The van der Waals surface area contributed by atoms with E-state index in [4.69, 9.17) is 5.73 Å². The molecule has 0 saturated carbocycles. The number of hydrogen-bond donors (Lipinski definition) is 2. The molecule has 1 saturated heterocycles. The molecule has 1 fully saturated rings. The van der Waals surface area contributed by atoms with Crippen LogP contribution in [0.5, 0.6) is 0 Å². The van der Waals surface area contributed by atoms with Gasteiger partial charge in [-0.2, -0.15) is 5.10 Å². The van der Waals surface area contributed by atoms with Crippen LogP contribution in [0.3, 0.4) is 0 Å². The molecule has 3 atom stereocenters. The van der Waals surface area contributed by atoms with Crippen molar-refractivity contribution < 1.29 is 19.2 Å². The Morgan fingerprint density at radius 2 is 1.67 bits per heavy atom. The highest BCUT2D eigenvalue weighted by Gasteiger charge is 2.51. The summed E-state index contributed by atoms with van der Waals surface area (Å²) < 4.78 is 1.50. The molecule has 9 heteroatoms. The van der Waals surface area contributed by atoms with Gasteiger partial charge in [-0.05, 0) is 55.5 Å². The van der Waals surface area contributed by atoms with Crippen LogP contribution in [-0.4, -0.2) is 44.4 Å². The monoisotopic (exact) mass is 449 g/mol. The van der Waals surface area contributed by atoms with E-state index in [9.17, 15) is 19.2 Å². The van der Waals surface area contributed by atoms with Crippen molar-refractivity contribution in [2.45, 2.75) is 39.2 Å². The molecule has 1 aliphatic heterocycles. The number of likely N-dealkylation sites (tertiary alicyclic amines) is 1. The van der Waals surface area contributed by atoms with E-state index in [1.807, 2.05) is 26.0 Å². The molecule has 9 nitrogen and oxygen atoms in total. The first-order valence-electron chi connectivity index (χ1n) is 11.0. The minimum absolute atomic E-state index is 0.115. The van der Waals surface area contributed by atoms with Crippen molar-refractivity contribution in [1.82, 2.24) is 14.7 Å². The van der Waals surface area contributed by atoms with Gasteiger partial charge in [-0.25, -0.2) is 4.68 Å². The fourth-order valence-electron chi connectivity index (χ4n) is 4.43. The predicted molar refractivity (Wildman–Crippen MR) is 121 cm³/mol. The van der Waals surface area contributed by atoms with Crippen LogP contribution in [0.4, 0.5) is 5.69 Å². The van der Waals surface area contributed by atoms with Gasteiger partial charge >= 0.3 is 0 Å². The summed E-state index contributed by atoms with van der Waals surface area (Å²) in [5, 5.41) is 6.95. The van der Waals surface area contributed by atoms with Crippen molar-refractivity contribution in [3.8, 4) is 5.69 Å². The lowest BCUT2D eigenvalue weighted by molar-refractivity contribution is -0.147. The fourth-order valence-corrected chi connectivity index (χ4v) is 4.43. The number of nitrogens with one attached hydrogen (secondary N) is 1. The number of primary amides is 1. The van der Waals surface area contributed by atoms with E-state index in [2.05, 4.69) is 10.4 Å². The molecule has 0 radical (unpaired) electrons. The molecule has 4 rings (SSSR count). The van der Waals surface area contributed by atoms with Crippen LogP contribution in [-0.2, 0) is 14.4 Å². The Balaban J connectivity index is 1.51.